The van der Waals surface area contributed by atoms with Gasteiger partial charge in [0.15, 0.2) is 0 Å². The number of hydrogen-bond donors (Lipinski definition) is 1. The third kappa shape index (κ3) is 2.21. The van der Waals surface area contributed by atoms with E-state index in [1.807, 2.05) is 5.38 Å². The van der Waals surface area contributed by atoms with Crippen LogP contribution >= 0.6 is 22.9 Å². The van der Waals surface area contributed by atoms with Gasteiger partial charge in [-0.05, 0) is 12.1 Å². The fraction of sp³-hybridized carbons (Fsp3) is 0.111. The Balaban J connectivity index is 2.02. The number of nitrogens with one attached hydrogen (secondary N) is 1. The maximum atomic E-state index is 5.92. The van der Waals surface area contributed by atoms with Gasteiger partial charge in [-0.15, -0.1) is 11.3 Å². The van der Waals surface area contributed by atoms with Gasteiger partial charge < -0.3 is 5.32 Å². The second-order valence-electron chi connectivity index (χ2n) is 2.67. The zero-order valence-corrected chi connectivity index (χ0v) is 8.85. The van der Waals surface area contributed by atoms with Crippen molar-refractivity contribution < 1.29 is 0 Å². The molecule has 5 heteroatoms. The molecular weight excluding hydrogens is 218 g/mol. The summed E-state index contributed by atoms with van der Waals surface area (Å²) in [5, 5.41) is 5.73. The maximum Gasteiger partial charge on any atom is 0.145 e. The Kier molecular flexibility index (Phi) is 2.96. The number of nitrogens with zero attached hydrogens (tertiary/aromatic N) is 2. The standard InChI is InChI=1S/C9H8ClN3S/c10-8-2-1-3-11-9(8)12-4-7-5-14-6-13-7/h1-3,5-6H,4H2,(H,11,12). The third-order valence-electron chi connectivity index (χ3n) is 1.68. The van der Waals surface area contributed by atoms with Gasteiger partial charge in [-0.2, -0.15) is 0 Å². The van der Waals surface area contributed by atoms with Crippen molar-refractivity contribution in [3.63, 3.8) is 0 Å². The number of pyridine rings is 1. The van der Waals surface area contributed by atoms with Crippen LogP contribution < -0.4 is 5.32 Å². The van der Waals surface area contributed by atoms with Gasteiger partial charge in [0.1, 0.15) is 5.82 Å². The van der Waals surface area contributed by atoms with Crippen molar-refractivity contribution in [1.29, 1.82) is 0 Å². The molecule has 0 bridgehead atoms. The number of aromatic nitrogens is 2. The second kappa shape index (κ2) is 4.39. The summed E-state index contributed by atoms with van der Waals surface area (Å²) in [5.41, 5.74) is 2.80. The van der Waals surface area contributed by atoms with Crippen LogP contribution in [0.1, 0.15) is 5.69 Å². The average molecular weight is 226 g/mol. The summed E-state index contributed by atoms with van der Waals surface area (Å²) in [6.45, 7) is 0.653. The number of rotatable bonds is 3. The molecule has 0 unspecified atom stereocenters. The molecule has 72 valence electrons. The second-order valence-corrected chi connectivity index (χ2v) is 3.79. The van der Waals surface area contributed by atoms with Crippen LogP contribution in [0.3, 0.4) is 0 Å². The first-order valence-corrected chi connectivity index (χ1v) is 5.40. The van der Waals surface area contributed by atoms with E-state index in [1.54, 1.807) is 35.2 Å². The molecule has 0 aromatic carbocycles. The Morgan fingerprint density at radius 1 is 1.43 bits per heavy atom. The highest BCUT2D eigenvalue weighted by Gasteiger charge is 2.00. The molecule has 2 rings (SSSR count). The van der Waals surface area contributed by atoms with Gasteiger partial charge in [0.2, 0.25) is 0 Å². The van der Waals surface area contributed by atoms with E-state index in [1.165, 1.54) is 0 Å². The molecule has 0 radical (unpaired) electrons. The van der Waals surface area contributed by atoms with Gasteiger partial charge in [0.25, 0.3) is 0 Å². The Morgan fingerprint density at radius 3 is 3.07 bits per heavy atom. The van der Waals surface area contributed by atoms with Crippen LogP contribution in [-0.4, -0.2) is 9.97 Å². The smallest absolute Gasteiger partial charge is 0.145 e. The molecule has 0 aliphatic rings. The van der Waals surface area contributed by atoms with Gasteiger partial charge in [0.05, 0.1) is 22.8 Å². The van der Waals surface area contributed by atoms with Gasteiger partial charge in [0, 0.05) is 11.6 Å². The Labute approximate surface area is 90.8 Å². The van der Waals surface area contributed by atoms with E-state index in [0.29, 0.717) is 17.4 Å². The number of anilines is 1. The molecule has 2 aromatic rings. The summed E-state index contributed by atoms with van der Waals surface area (Å²) >= 11 is 7.50. The van der Waals surface area contributed by atoms with E-state index < -0.39 is 0 Å². The molecule has 0 fully saturated rings. The predicted molar refractivity (Wildman–Crippen MR) is 58.7 cm³/mol. The number of halogens is 1. The van der Waals surface area contributed by atoms with Crippen molar-refractivity contribution in [2.24, 2.45) is 0 Å². The van der Waals surface area contributed by atoms with E-state index in [-0.39, 0.29) is 0 Å². The summed E-state index contributed by atoms with van der Waals surface area (Å²) < 4.78 is 0. The van der Waals surface area contributed by atoms with E-state index in [9.17, 15) is 0 Å². The number of hydrogen-bond acceptors (Lipinski definition) is 4. The van der Waals surface area contributed by atoms with Crippen molar-refractivity contribution in [2.75, 3.05) is 5.32 Å². The normalized spacial score (nSPS) is 10.1. The summed E-state index contributed by atoms with van der Waals surface area (Å²) in [7, 11) is 0. The van der Waals surface area contributed by atoms with Gasteiger partial charge in [-0.25, -0.2) is 9.97 Å². The Hall–Kier alpha value is -1.13. The SMILES string of the molecule is Clc1cccnc1NCc1cscn1. The van der Waals surface area contributed by atoms with Crippen LogP contribution in [0, 0.1) is 0 Å². The highest BCUT2D eigenvalue weighted by molar-refractivity contribution is 7.07. The summed E-state index contributed by atoms with van der Waals surface area (Å²) in [4.78, 5) is 8.26. The molecular formula is C9H8ClN3S. The molecule has 14 heavy (non-hydrogen) atoms. The fourth-order valence-corrected chi connectivity index (χ4v) is 1.76. The zero-order valence-electron chi connectivity index (χ0n) is 7.27. The van der Waals surface area contributed by atoms with Crippen molar-refractivity contribution in [2.45, 2.75) is 6.54 Å². The van der Waals surface area contributed by atoms with Crippen LogP contribution in [0.15, 0.2) is 29.2 Å². The third-order valence-corrected chi connectivity index (χ3v) is 2.62. The van der Waals surface area contributed by atoms with Crippen LogP contribution in [0.5, 0.6) is 0 Å². The van der Waals surface area contributed by atoms with E-state index in [2.05, 4.69) is 15.3 Å². The first-order valence-electron chi connectivity index (χ1n) is 4.08. The Morgan fingerprint density at radius 2 is 2.36 bits per heavy atom. The Bertz CT molecular complexity index is 402. The predicted octanol–water partition coefficient (Wildman–Crippen LogP) is 2.80. The van der Waals surface area contributed by atoms with E-state index in [0.717, 1.165) is 5.69 Å². The first kappa shape index (κ1) is 9.43. The summed E-state index contributed by atoms with van der Waals surface area (Å²) in [5.74, 6) is 0.696. The molecule has 2 heterocycles. The molecule has 0 saturated heterocycles. The van der Waals surface area contributed by atoms with Crippen molar-refractivity contribution >= 4 is 28.8 Å². The van der Waals surface area contributed by atoms with Crippen LogP contribution in [0.2, 0.25) is 5.02 Å². The van der Waals surface area contributed by atoms with Gasteiger partial charge in [-0.3, -0.25) is 0 Å². The highest BCUT2D eigenvalue weighted by Crippen LogP contribution is 2.17. The minimum atomic E-state index is 0.628. The molecule has 0 spiro atoms. The van der Waals surface area contributed by atoms with Gasteiger partial charge >= 0.3 is 0 Å². The van der Waals surface area contributed by atoms with Crippen molar-refractivity contribution in [3.8, 4) is 0 Å². The van der Waals surface area contributed by atoms with Crippen LogP contribution in [0.4, 0.5) is 5.82 Å². The molecule has 0 aliphatic heterocycles. The summed E-state index contributed by atoms with van der Waals surface area (Å²) in [6, 6.07) is 3.61. The lowest BCUT2D eigenvalue weighted by Crippen LogP contribution is -2.01. The van der Waals surface area contributed by atoms with Gasteiger partial charge in [-0.1, -0.05) is 11.6 Å². The van der Waals surface area contributed by atoms with E-state index >= 15 is 0 Å². The highest BCUT2D eigenvalue weighted by atomic mass is 35.5. The minimum Gasteiger partial charge on any atom is -0.363 e. The van der Waals surface area contributed by atoms with Crippen molar-refractivity contribution in [1.82, 2.24) is 9.97 Å². The lowest BCUT2D eigenvalue weighted by molar-refractivity contribution is 1.05. The fourth-order valence-electron chi connectivity index (χ4n) is 1.01. The first-order chi connectivity index (χ1) is 6.86. The molecule has 3 nitrogen and oxygen atoms in total. The van der Waals surface area contributed by atoms with Crippen LogP contribution in [-0.2, 0) is 6.54 Å². The van der Waals surface area contributed by atoms with E-state index in [4.69, 9.17) is 11.6 Å². The quantitative estimate of drug-likeness (QED) is 0.873. The minimum absolute atomic E-state index is 0.628. The maximum absolute atomic E-state index is 5.92. The molecule has 1 N–H and O–H groups in total. The largest absolute Gasteiger partial charge is 0.363 e. The lowest BCUT2D eigenvalue weighted by Gasteiger charge is -2.04. The molecule has 0 saturated carbocycles. The molecule has 0 amide bonds. The average Bonchev–Trinajstić information content (AvgIpc) is 2.69. The van der Waals surface area contributed by atoms with Crippen molar-refractivity contribution in [3.05, 3.63) is 39.9 Å². The molecule has 2 aromatic heterocycles. The monoisotopic (exact) mass is 225 g/mol. The lowest BCUT2D eigenvalue weighted by atomic mass is 10.4. The zero-order chi connectivity index (χ0) is 9.80. The molecule has 0 aliphatic carbocycles. The number of thiazole rings is 1. The molecule has 0 atom stereocenters. The summed E-state index contributed by atoms with van der Waals surface area (Å²) in [6.07, 6.45) is 1.70. The topological polar surface area (TPSA) is 37.8 Å². The van der Waals surface area contributed by atoms with Crippen LogP contribution in [0.25, 0.3) is 0 Å².